The van der Waals surface area contributed by atoms with E-state index in [1.54, 1.807) is 114 Å². The molecule has 5 heterocycles. The molecular weight excluding hydrogens is 1900 g/mol. The molecule has 0 aromatic heterocycles. The van der Waals surface area contributed by atoms with Crippen molar-refractivity contribution in [3.05, 3.63) is 398 Å². The first-order chi connectivity index (χ1) is 67.4. The lowest BCUT2D eigenvalue weighted by atomic mass is 9.87. The van der Waals surface area contributed by atoms with Crippen molar-refractivity contribution < 1.29 is 76.3 Å². The van der Waals surface area contributed by atoms with Crippen molar-refractivity contribution in [3.63, 3.8) is 0 Å². The van der Waals surface area contributed by atoms with Gasteiger partial charge in [0.1, 0.15) is 5.82 Å². The summed E-state index contributed by atoms with van der Waals surface area (Å²) in [6, 6.07) is 87.9. The summed E-state index contributed by atoms with van der Waals surface area (Å²) in [5, 5.41) is 3.04. The first-order valence-electron chi connectivity index (χ1n) is 46.6. The Morgan fingerprint density at radius 2 is 0.542 bits per heavy atom. The lowest BCUT2D eigenvalue weighted by Gasteiger charge is -2.38. The minimum absolute atomic E-state index is 0. The molecule has 33 heteroatoms. The highest BCUT2D eigenvalue weighted by atomic mass is 32.2. The number of nitrogens with zero attached hydrogens (tertiary/aromatic N) is 10. The van der Waals surface area contributed by atoms with Gasteiger partial charge >= 0.3 is 0 Å². The van der Waals surface area contributed by atoms with Crippen LogP contribution in [0, 0.1) is 38.4 Å². The van der Waals surface area contributed by atoms with E-state index in [2.05, 4.69) is 74.2 Å². The van der Waals surface area contributed by atoms with Crippen molar-refractivity contribution in [1.29, 1.82) is 0 Å². The average Bonchev–Trinajstić information content (AvgIpc) is 0.793. The zero-order chi connectivity index (χ0) is 101. The number of rotatable bonds is 23. The Morgan fingerprint density at radius 1 is 0.296 bits per heavy atom. The monoisotopic (exact) mass is 2020 g/mol. The first-order valence-corrected chi connectivity index (χ1v) is 53.8. The van der Waals surface area contributed by atoms with E-state index in [1.807, 2.05) is 179 Å². The number of piperazine rings is 5. The van der Waals surface area contributed by atoms with Gasteiger partial charge in [-0.3, -0.25) is 24.1 Å². The molecule has 0 spiro atoms. The highest BCUT2D eigenvalue weighted by Crippen LogP contribution is 2.32. The van der Waals surface area contributed by atoms with E-state index in [0.29, 0.717) is 120 Å². The third kappa shape index (κ3) is 31.0. The quantitative estimate of drug-likeness (QED) is 0.0581. The average molecular weight is 2020 g/mol. The number of carbonyl (C=O) groups excluding carboxylic acids is 4. The molecule has 5 fully saturated rings. The van der Waals surface area contributed by atoms with Gasteiger partial charge in [-0.25, -0.2) is 46.5 Å². The minimum Gasteiger partial charge on any atom is -0.870 e. The second-order valence-corrected chi connectivity index (χ2v) is 45.0. The molecular formula is C109H122FN11O16S5. The van der Waals surface area contributed by atoms with Gasteiger partial charge in [-0.1, -0.05) is 261 Å². The Hall–Kier alpha value is -13.0. The molecule has 0 bridgehead atoms. The van der Waals surface area contributed by atoms with Crippen LogP contribution in [0.4, 0.5) is 10.1 Å². The van der Waals surface area contributed by atoms with Gasteiger partial charge in [0.2, 0.25) is 73.7 Å². The lowest BCUT2D eigenvalue weighted by molar-refractivity contribution is -0.379. The van der Waals surface area contributed by atoms with Crippen LogP contribution in [0.15, 0.2) is 340 Å². The first kappa shape index (κ1) is 109. The Bertz CT molecular complexity index is 6740. The van der Waals surface area contributed by atoms with Crippen LogP contribution in [0.2, 0.25) is 0 Å². The Morgan fingerprint density at radius 3 is 0.824 bits per heavy atom. The largest absolute Gasteiger partial charge is 0.870 e. The van der Waals surface area contributed by atoms with Crippen LogP contribution in [0.25, 0.3) is 30.4 Å². The fourth-order valence-electron chi connectivity index (χ4n) is 15.9. The fourth-order valence-corrected chi connectivity index (χ4v) is 22.8. The summed E-state index contributed by atoms with van der Waals surface area (Å²) >= 11 is 0. The van der Waals surface area contributed by atoms with Gasteiger partial charge in [0.05, 0.1) is 25.6 Å². The number of hydrogen-bond acceptors (Lipinski definition) is 17. The summed E-state index contributed by atoms with van der Waals surface area (Å²) in [7, 11) is -17.8. The van der Waals surface area contributed by atoms with Gasteiger partial charge < -0.3 is 25.1 Å². The van der Waals surface area contributed by atoms with Crippen molar-refractivity contribution in [2.45, 2.75) is 79.5 Å². The van der Waals surface area contributed by atoms with E-state index in [4.69, 9.17) is 0 Å². The molecule has 11 aromatic rings. The number of hydrogen-bond donors (Lipinski definition) is 1. The van der Waals surface area contributed by atoms with Crippen LogP contribution in [0.1, 0.15) is 93.6 Å². The molecule has 0 radical (unpaired) electrons. The van der Waals surface area contributed by atoms with Crippen molar-refractivity contribution in [1.82, 2.24) is 46.0 Å². The normalized spacial score (nSPS) is 16.0. The number of nitroso groups, excluding NO2 is 1. The number of sulfonamides is 5. The number of aryl methyl sites for hydroxylation is 4. The van der Waals surface area contributed by atoms with Gasteiger partial charge in [-0.2, -0.15) is 21.5 Å². The van der Waals surface area contributed by atoms with E-state index in [1.165, 1.54) is 93.4 Å². The van der Waals surface area contributed by atoms with Crippen molar-refractivity contribution >= 4 is 110 Å². The summed E-state index contributed by atoms with van der Waals surface area (Å²) in [6.45, 7) is 21.6. The van der Waals surface area contributed by atoms with E-state index >= 15 is 0 Å². The summed E-state index contributed by atoms with van der Waals surface area (Å²) in [6.07, 6.45) is 14.9. The van der Waals surface area contributed by atoms with Gasteiger partial charge in [-0.15, -0.1) is 0 Å². The van der Waals surface area contributed by atoms with Crippen LogP contribution >= 0.6 is 0 Å². The predicted octanol–water partition coefficient (Wildman–Crippen LogP) is 14.3. The number of nitrogens with one attached hydrogen (secondary N) is 1. The second-order valence-electron chi connectivity index (χ2n) is 35.5. The lowest BCUT2D eigenvalue weighted by Crippen LogP contribution is -2.55. The van der Waals surface area contributed by atoms with Crippen molar-refractivity contribution in [2.24, 2.45) is 0 Å². The maximum atomic E-state index is 13.0. The molecule has 142 heavy (non-hydrogen) atoms. The smallest absolute Gasteiger partial charge is 0.253 e. The van der Waals surface area contributed by atoms with Crippen molar-refractivity contribution in [2.75, 3.05) is 131 Å². The van der Waals surface area contributed by atoms with E-state index in [9.17, 15) is 70.6 Å². The predicted molar refractivity (Wildman–Crippen MR) is 555 cm³/mol. The zero-order valence-corrected chi connectivity index (χ0v) is 84.8. The molecule has 746 valence electrons. The number of benzene rings is 11. The minimum atomic E-state index is -3.68. The highest BCUT2D eigenvalue weighted by molar-refractivity contribution is 7.92. The third-order valence-electron chi connectivity index (χ3n) is 24.4. The maximum Gasteiger partial charge on any atom is 0.253 e. The summed E-state index contributed by atoms with van der Waals surface area (Å²) < 4.78 is 148. The molecule has 0 atom stereocenters. The molecule has 2 N–H and O–H groups in total. The third-order valence-corrected chi connectivity index (χ3v) is 33.7. The zero-order valence-electron chi connectivity index (χ0n) is 80.7. The van der Waals surface area contributed by atoms with E-state index < -0.39 is 55.9 Å². The van der Waals surface area contributed by atoms with Gasteiger partial charge in [0.25, 0.3) is 5.69 Å². The van der Waals surface area contributed by atoms with Crippen LogP contribution in [0.3, 0.4) is 0 Å². The van der Waals surface area contributed by atoms with Gasteiger partial charge in [0.15, 0.2) is 0 Å². The summed E-state index contributed by atoms with van der Waals surface area (Å²) in [4.78, 5) is 69.9. The molecule has 5 saturated heterocycles. The van der Waals surface area contributed by atoms with Gasteiger partial charge in [-0.05, 0) is 169 Å². The van der Waals surface area contributed by atoms with Crippen molar-refractivity contribution in [3.8, 4) is 0 Å². The molecule has 5 aliphatic heterocycles. The van der Waals surface area contributed by atoms with Crippen LogP contribution in [-0.2, 0) is 74.7 Å². The standard InChI is InChI=1S/C25H26N2O2S.C24H30N2O3S.C20H21FN2O3S.C20H21N3O4S.C20H22N2O3S.H2O/c28-30(29,21-16-22-10-4-1-5-11-22)27-19-17-26(18-20-27)25(23-12-6-2-7-13-23)24-14-8-3-9-15-24;1-19-5-7-20(8-6-19)9-14-23(27)25-15-17-26(18-16-25)30(28,29)22-12-10-21(11-13-22)24(2,3)4;1-16-2-4-17(5-3-16)6-11-20(24)22-12-14-23(15-13-22)27(25,26)19-9-7-18(21)8-10-19;1-16-2-4-17(5-3-16)6-11-20(24)22-12-14-23(15-13-22)28(26,27)19-9-7-18(21-25)8-10-19;1-17-7-9-18(10-8-17)11-12-20(23)21-13-15-22(16-14-21)26(24,25)19-5-3-2-4-6-19;/h1-16,21,25H,17-20H2;5-14H,15-18H2,1-4H3;2-11H,12-15H2,1H3;2-11H,12-15H2,1H3;2-12H,13-16H2,1H3;1H2/b21-16+;14-9+;2*11-6+;12-11+;. The molecule has 4 amide bonds. The molecule has 0 saturated carbocycles. The number of amides is 4. The molecule has 0 aliphatic carbocycles. The molecule has 16 rings (SSSR count). The maximum absolute atomic E-state index is 13.0. The molecule has 5 aliphatic rings. The van der Waals surface area contributed by atoms with Gasteiger partial charge in [0, 0.05) is 183 Å². The van der Waals surface area contributed by atoms with E-state index in [-0.39, 0.29) is 76.5 Å². The molecule has 27 nitrogen and oxygen atoms in total. The highest BCUT2D eigenvalue weighted by Gasteiger charge is 2.36. The van der Waals surface area contributed by atoms with Crippen LogP contribution in [0.5, 0.6) is 0 Å². The second kappa shape index (κ2) is 51.1. The fraction of sp³-hybridized carbons (Fsp3) is 0.266. The SMILES string of the molecule is Cc1ccc(/C=C/C(=O)N2CCN(S(=O)(=O)c3ccc(C(C)(C)C)cc3)CC2)cc1.Cc1ccc(/C=C/C(=O)N2CCN(S(=O)(=O)c3ccc(F)cc3)CC2)cc1.Cc1ccc(/C=C/C(=O)N2CCN(S(=O)(=O)c3ccc([NH+]=O)cc3)CC2)cc1.Cc1ccc(/C=C/C(=O)N2CCN(S(=O)(=O)c3ccccc3)CC2)cc1.O=S(=O)(/C=C/c1ccccc1)N1CCN(C(c2ccccc2)c2ccccc2)CC1.[OH-]. The Balaban J connectivity index is 0.000000169. The summed E-state index contributed by atoms with van der Waals surface area (Å²) in [5.41, 5.74) is 13.2. The Labute approximate surface area is 835 Å². The Kier molecular flexibility index (Phi) is 39.4. The van der Waals surface area contributed by atoms with Crippen LogP contribution < -0.4 is 5.18 Å². The topological polar surface area (TPSA) is 332 Å². The number of carbonyl (C=O) groups is 4. The van der Waals surface area contributed by atoms with E-state index in [0.717, 1.165) is 56.6 Å². The number of halogens is 1. The molecule has 11 aromatic carbocycles. The molecule has 0 unspecified atom stereocenters. The summed E-state index contributed by atoms with van der Waals surface area (Å²) in [5.74, 6) is -0.952. The van der Waals surface area contributed by atoms with Crippen LogP contribution in [-0.4, -0.2) is 248 Å².